The van der Waals surface area contributed by atoms with E-state index in [2.05, 4.69) is 73.7 Å². The van der Waals surface area contributed by atoms with Gasteiger partial charge in [0.25, 0.3) is 0 Å². The van der Waals surface area contributed by atoms with Gasteiger partial charge in [0, 0.05) is 28.7 Å². The van der Waals surface area contributed by atoms with E-state index in [-0.39, 0.29) is 56.9 Å². The van der Waals surface area contributed by atoms with Crippen LogP contribution in [0.15, 0.2) is 23.8 Å². The van der Waals surface area contributed by atoms with E-state index in [1.165, 1.54) is 5.57 Å². The van der Waals surface area contributed by atoms with Crippen molar-refractivity contribution in [3.8, 4) is 0 Å². The van der Waals surface area contributed by atoms with Crippen LogP contribution in [0.5, 0.6) is 0 Å². The number of carbonyl (C=O) groups excluding carboxylic acids is 3. The molecule has 0 radical (unpaired) electrons. The van der Waals surface area contributed by atoms with Crippen molar-refractivity contribution in [3.05, 3.63) is 23.8 Å². The molecule has 3 fully saturated rings. The van der Waals surface area contributed by atoms with Gasteiger partial charge in [0.15, 0.2) is 11.6 Å². The number of carbonyl (C=O) groups is 3. The third-order valence-corrected chi connectivity index (χ3v) is 13.1. The highest BCUT2D eigenvalue weighted by Gasteiger charge is 2.69. The first-order valence-corrected chi connectivity index (χ1v) is 15.2. The lowest BCUT2D eigenvalue weighted by Gasteiger charge is -2.69. The first-order valence-electron chi connectivity index (χ1n) is 15.2. The van der Waals surface area contributed by atoms with E-state index in [0.717, 1.165) is 44.9 Å². The number of ketones is 2. The molecule has 3 saturated carbocycles. The van der Waals surface area contributed by atoms with Crippen molar-refractivity contribution in [2.75, 3.05) is 6.54 Å². The van der Waals surface area contributed by atoms with Crippen LogP contribution >= 0.6 is 0 Å². The summed E-state index contributed by atoms with van der Waals surface area (Å²) in [6.07, 6.45) is 12.8. The third kappa shape index (κ3) is 3.56. The quantitative estimate of drug-likeness (QED) is 0.431. The van der Waals surface area contributed by atoms with Crippen LogP contribution in [0.1, 0.15) is 107 Å². The molecule has 8 unspecified atom stereocenters. The maximum Gasteiger partial charge on any atom is 0.225 e. The second-order valence-corrected chi connectivity index (χ2v) is 16.1. The zero-order chi connectivity index (χ0) is 28.1. The summed E-state index contributed by atoms with van der Waals surface area (Å²) in [4.78, 5) is 40.8. The largest absolute Gasteiger partial charge is 0.355 e. The average molecular weight is 522 g/mol. The molecule has 38 heavy (non-hydrogen) atoms. The standard InChI is InChI=1S/C34H51NO3/c1-21(2)20-35-28(38)31(6)15-14-30(5)16-17-34(9)27(22(30)19-31)23(36)18-25-32(7)12-11-26(37)29(3,4)24(32)10-13-33(25,34)8/h11-12,18,21-22,24,27H,10,13-17,19-20H2,1-9H3,(H,35,38). The summed E-state index contributed by atoms with van der Waals surface area (Å²) in [5.41, 5.74) is -0.0368. The van der Waals surface area contributed by atoms with E-state index in [0.29, 0.717) is 12.5 Å². The monoisotopic (exact) mass is 521 g/mol. The highest BCUT2D eigenvalue weighted by Crippen LogP contribution is 2.74. The molecule has 0 saturated heterocycles. The molecular formula is C34H51NO3. The molecule has 5 aliphatic carbocycles. The van der Waals surface area contributed by atoms with Crippen LogP contribution in [-0.2, 0) is 14.4 Å². The van der Waals surface area contributed by atoms with Gasteiger partial charge in [-0.1, -0.05) is 74.0 Å². The summed E-state index contributed by atoms with van der Waals surface area (Å²) in [6, 6.07) is 0. The maximum absolute atomic E-state index is 14.4. The van der Waals surface area contributed by atoms with E-state index in [9.17, 15) is 14.4 Å². The van der Waals surface area contributed by atoms with Gasteiger partial charge in [0.1, 0.15) is 0 Å². The molecule has 4 heteroatoms. The molecule has 0 aromatic rings. The van der Waals surface area contributed by atoms with E-state index >= 15 is 0 Å². The van der Waals surface area contributed by atoms with Crippen molar-refractivity contribution < 1.29 is 14.4 Å². The van der Waals surface area contributed by atoms with Gasteiger partial charge in [-0.25, -0.2) is 0 Å². The minimum Gasteiger partial charge on any atom is -0.355 e. The predicted molar refractivity (Wildman–Crippen MR) is 152 cm³/mol. The minimum absolute atomic E-state index is 0.0603. The highest BCUT2D eigenvalue weighted by atomic mass is 16.2. The first kappa shape index (κ1) is 27.8. The first-order chi connectivity index (χ1) is 17.4. The Morgan fingerprint density at radius 1 is 0.974 bits per heavy atom. The summed E-state index contributed by atoms with van der Waals surface area (Å²) in [5.74, 6) is 1.42. The van der Waals surface area contributed by atoms with E-state index < -0.39 is 10.8 Å². The molecule has 1 amide bonds. The molecule has 4 nitrogen and oxygen atoms in total. The molecule has 0 bridgehead atoms. The van der Waals surface area contributed by atoms with Gasteiger partial charge in [-0.3, -0.25) is 14.4 Å². The Kier molecular flexibility index (Phi) is 6.15. The average Bonchev–Trinajstić information content (AvgIpc) is 2.83. The molecule has 0 aromatic carbocycles. The number of allylic oxidation sites excluding steroid dienone is 4. The molecule has 210 valence electrons. The minimum atomic E-state index is -0.428. The Bertz CT molecular complexity index is 1130. The summed E-state index contributed by atoms with van der Waals surface area (Å²) in [5, 5.41) is 3.22. The fourth-order valence-electron chi connectivity index (χ4n) is 10.1. The van der Waals surface area contributed by atoms with Crippen molar-refractivity contribution >= 4 is 17.5 Å². The Balaban J connectivity index is 1.56. The Hall–Kier alpha value is -1.71. The zero-order valence-electron chi connectivity index (χ0n) is 25.4. The van der Waals surface area contributed by atoms with E-state index in [4.69, 9.17) is 0 Å². The number of amides is 1. The van der Waals surface area contributed by atoms with Crippen molar-refractivity contribution in [3.63, 3.8) is 0 Å². The lowest BCUT2D eigenvalue weighted by atomic mass is 9.34. The van der Waals surface area contributed by atoms with Crippen LogP contribution in [-0.4, -0.2) is 24.0 Å². The molecule has 5 rings (SSSR count). The molecule has 5 aliphatic rings. The Morgan fingerprint density at radius 2 is 1.63 bits per heavy atom. The number of rotatable bonds is 3. The smallest absolute Gasteiger partial charge is 0.225 e. The number of hydrogen-bond acceptors (Lipinski definition) is 3. The van der Waals surface area contributed by atoms with Crippen molar-refractivity contribution in [2.24, 2.45) is 56.2 Å². The topological polar surface area (TPSA) is 63.2 Å². The summed E-state index contributed by atoms with van der Waals surface area (Å²) in [7, 11) is 0. The van der Waals surface area contributed by atoms with Gasteiger partial charge >= 0.3 is 0 Å². The molecule has 0 aromatic heterocycles. The van der Waals surface area contributed by atoms with E-state index in [1.54, 1.807) is 6.08 Å². The fourth-order valence-corrected chi connectivity index (χ4v) is 10.1. The van der Waals surface area contributed by atoms with E-state index in [1.807, 2.05) is 6.08 Å². The Morgan fingerprint density at radius 3 is 2.29 bits per heavy atom. The fraction of sp³-hybridized carbons (Fsp3) is 0.794. The zero-order valence-corrected chi connectivity index (χ0v) is 25.4. The SMILES string of the molecule is CC(C)CNC(=O)C1(C)CCC2(C)CCC3(C)C(C(=O)C=C4C5(C)C=CC(=O)C(C)(C)C5CCC43C)C2C1. The second-order valence-electron chi connectivity index (χ2n) is 16.1. The second kappa shape index (κ2) is 8.40. The van der Waals surface area contributed by atoms with Gasteiger partial charge in [0.2, 0.25) is 5.91 Å². The van der Waals surface area contributed by atoms with Crippen LogP contribution in [0.3, 0.4) is 0 Å². The summed E-state index contributed by atoms with van der Waals surface area (Å²) in [6.45, 7) is 20.8. The molecular weight excluding hydrogens is 470 g/mol. The van der Waals surface area contributed by atoms with Crippen LogP contribution < -0.4 is 5.32 Å². The van der Waals surface area contributed by atoms with Gasteiger partial charge in [0.05, 0.1) is 0 Å². The molecule has 0 spiro atoms. The number of nitrogens with one attached hydrogen (secondary N) is 1. The third-order valence-electron chi connectivity index (χ3n) is 13.1. The van der Waals surface area contributed by atoms with Crippen molar-refractivity contribution in [1.29, 1.82) is 0 Å². The van der Waals surface area contributed by atoms with Crippen LogP contribution in [0.2, 0.25) is 0 Å². The predicted octanol–water partition coefficient (Wildman–Crippen LogP) is 7.08. The van der Waals surface area contributed by atoms with Gasteiger partial charge in [-0.2, -0.15) is 0 Å². The normalized spacial score (nSPS) is 47.4. The van der Waals surface area contributed by atoms with Gasteiger partial charge in [-0.15, -0.1) is 0 Å². The molecule has 0 aliphatic heterocycles. The summed E-state index contributed by atoms with van der Waals surface area (Å²) >= 11 is 0. The van der Waals surface area contributed by atoms with Crippen LogP contribution in [0.25, 0.3) is 0 Å². The molecule has 0 heterocycles. The highest BCUT2D eigenvalue weighted by molar-refractivity contribution is 5.98. The lowest BCUT2D eigenvalue weighted by molar-refractivity contribution is -0.172. The van der Waals surface area contributed by atoms with Crippen LogP contribution in [0, 0.1) is 56.2 Å². The van der Waals surface area contributed by atoms with Gasteiger partial charge < -0.3 is 5.32 Å². The Labute approximate surface area is 230 Å². The van der Waals surface area contributed by atoms with Crippen molar-refractivity contribution in [2.45, 2.75) is 107 Å². The maximum atomic E-state index is 14.4. The van der Waals surface area contributed by atoms with Gasteiger partial charge in [-0.05, 0) is 91.1 Å². The van der Waals surface area contributed by atoms with Crippen molar-refractivity contribution in [1.82, 2.24) is 5.32 Å². The lowest BCUT2D eigenvalue weighted by Crippen LogP contribution is -2.64. The molecule has 8 atom stereocenters. The summed E-state index contributed by atoms with van der Waals surface area (Å²) < 4.78 is 0. The molecule has 1 N–H and O–H groups in total. The number of hydrogen-bond donors (Lipinski definition) is 1. The van der Waals surface area contributed by atoms with Crippen LogP contribution in [0.4, 0.5) is 0 Å². The number of fused-ring (bicyclic) bond motifs is 7.